The highest BCUT2D eigenvalue weighted by Gasteiger charge is 2.31. The van der Waals surface area contributed by atoms with Crippen LogP contribution in [-0.4, -0.2) is 27.2 Å². The van der Waals surface area contributed by atoms with Gasteiger partial charge in [-0.25, -0.2) is 9.37 Å². The highest BCUT2D eigenvalue weighted by molar-refractivity contribution is 6.30. The second-order valence-electron chi connectivity index (χ2n) is 7.64. The van der Waals surface area contributed by atoms with Crippen LogP contribution in [0.2, 0.25) is 5.02 Å². The molecule has 1 aromatic carbocycles. The van der Waals surface area contributed by atoms with Crippen LogP contribution in [0.25, 0.3) is 11.4 Å². The topological polar surface area (TPSA) is 51.9 Å². The molecular formula is C21H20ClFN4O. The molecule has 28 heavy (non-hydrogen) atoms. The van der Waals surface area contributed by atoms with Gasteiger partial charge in [0.25, 0.3) is 5.56 Å². The molecule has 1 saturated heterocycles. The summed E-state index contributed by atoms with van der Waals surface area (Å²) in [5.41, 5.74) is 2.08. The largest absolute Gasteiger partial charge is 0.326 e. The molecule has 2 atom stereocenters. The number of hydrogen-bond donors (Lipinski definition) is 1. The fraction of sp³-hybridized carbons (Fsp3) is 0.333. The van der Waals surface area contributed by atoms with E-state index in [0.717, 1.165) is 31.7 Å². The maximum Gasteiger partial charge on any atom is 0.261 e. The first kappa shape index (κ1) is 17.6. The van der Waals surface area contributed by atoms with E-state index >= 15 is 0 Å². The van der Waals surface area contributed by atoms with E-state index in [0.29, 0.717) is 28.8 Å². The van der Waals surface area contributed by atoms with E-state index < -0.39 is 5.82 Å². The average Bonchev–Trinajstić information content (AvgIpc) is 3.15. The predicted octanol–water partition coefficient (Wildman–Crippen LogP) is 3.26. The van der Waals surface area contributed by atoms with Crippen molar-refractivity contribution < 1.29 is 4.39 Å². The van der Waals surface area contributed by atoms with Crippen molar-refractivity contribution in [3.63, 3.8) is 0 Å². The molecule has 144 valence electrons. The smallest absolute Gasteiger partial charge is 0.261 e. The minimum atomic E-state index is -0.439. The van der Waals surface area contributed by atoms with Gasteiger partial charge >= 0.3 is 0 Å². The third kappa shape index (κ3) is 2.88. The molecule has 3 aromatic rings. The molecule has 0 saturated carbocycles. The number of halogens is 2. The lowest BCUT2D eigenvalue weighted by molar-refractivity contribution is 0.257. The fourth-order valence-electron chi connectivity index (χ4n) is 4.50. The zero-order chi connectivity index (χ0) is 19.3. The number of piperidine rings is 1. The lowest BCUT2D eigenvalue weighted by Gasteiger charge is -2.37. The van der Waals surface area contributed by atoms with Crippen molar-refractivity contribution in [3.8, 4) is 11.4 Å². The highest BCUT2D eigenvalue weighted by Crippen LogP contribution is 2.32. The summed E-state index contributed by atoms with van der Waals surface area (Å²) in [4.78, 5) is 17.7. The van der Waals surface area contributed by atoms with Crippen molar-refractivity contribution >= 4 is 11.6 Å². The highest BCUT2D eigenvalue weighted by atomic mass is 35.5. The van der Waals surface area contributed by atoms with Crippen molar-refractivity contribution in [1.82, 2.24) is 19.4 Å². The van der Waals surface area contributed by atoms with E-state index in [-0.39, 0.29) is 17.1 Å². The van der Waals surface area contributed by atoms with Crippen molar-refractivity contribution in [2.24, 2.45) is 5.92 Å². The monoisotopic (exact) mass is 398 g/mol. The Labute approximate surface area is 166 Å². The number of hydrogen-bond acceptors (Lipinski definition) is 3. The van der Waals surface area contributed by atoms with Gasteiger partial charge in [0.15, 0.2) is 0 Å². The second-order valence-corrected chi connectivity index (χ2v) is 8.04. The summed E-state index contributed by atoms with van der Waals surface area (Å²) in [5, 5.41) is 3.55. The van der Waals surface area contributed by atoms with Crippen LogP contribution < -0.4 is 10.9 Å². The van der Waals surface area contributed by atoms with Crippen molar-refractivity contribution in [1.29, 1.82) is 0 Å². The van der Waals surface area contributed by atoms with Crippen LogP contribution in [0.4, 0.5) is 4.39 Å². The Morgan fingerprint density at radius 1 is 1.25 bits per heavy atom. The number of pyridine rings is 1. The van der Waals surface area contributed by atoms with Gasteiger partial charge in [0.1, 0.15) is 11.6 Å². The van der Waals surface area contributed by atoms with Crippen LogP contribution in [-0.2, 0) is 13.1 Å². The molecule has 4 heterocycles. The summed E-state index contributed by atoms with van der Waals surface area (Å²) < 4.78 is 18.0. The fourth-order valence-corrected chi connectivity index (χ4v) is 4.69. The quantitative estimate of drug-likeness (QED) is 0.736. The summed E-state index contributed by atoms with van der Waals surface area (Å²) in [6.45, 7) is 2.86. The van der Waals surface area contributed by atoms with Gasteiger partial charge in [-0.15, -0.1) is 0 Å². The van der Waals surface area contributed by atoms with Crippen LogP contribution in [0.3, 0.4) is 0 Å². The predicted molar refractivity (Wildman–Crippen MR) is 106 cm³/mol. The summed E-state index contributed by atoms with van der Waals surface area (Å²) >= 11 is 5.90. The van der Waals surface area contributed by atoms with Crippen LogP contribution in [0.5, 0.6) is 0 Å². The van der Waals surface area contributed by atoms with E-state index in [1.54, 1.807) is 29.1 Å². The third-order valence-corrected chi connectivity index (χ3v) is 6.13. The molecule has 1 N–H and O–H groups in total. The van der Waals surface area contributed by atoms with Gasteiger partial charge in [0.05, 0.1) is 17.1 Å². The van der Waals surface area contributed by atoms with E-state index in [1.165, 1.54) is 6.07 Å². The minimum Gasteiger partial charge on any atom is -0.326 e. The molecule has 0 aliphatic carbocycles. The molecule has 5 rings (SSSR count). The molecule has 0 radical (unpaired) electrons. The molecule has 0 spiro atoms. The first-order valence-corrected chi connectivity index (χ1v) is 9.88. The Kier molecular flexibility index (Phi) is 4.33. The van der Waals surface area contributed by atoms with E-state index in [2.05, 4.69) is 10.3 Å². The number of rotatable bonds is 3. The molecule has 0 unspecified atom stereocenters. The Morgan fingerprint density at radius 3 is 3.04 bits per heavy atom. The maximum atomic E-state index is 14.3. The minimum absolute atomic E-state index is 0.0203. The van der Waals surface area contributed by atoms with Crippen molar-refractivity contribution in [2.45, 2.75) is 25.4 Å². The number of nitrogens with zero attached hydrogens (tertiary/aromatic N) is 3. The lowest BCUT2D eigenvalue weighted by Crippen LogP contribution is -2.45. The van der Waals surface area contributed by atoms with Gasteiger partial charge in [-0.2, -0.15) is 0 Å². The number of fused-ring (bicyclic) bond motifs is 4. The molecule has 7 heteroatoms. The summed E-state index contributed by atoms with van der Waals surface area (Å²) in [6, 6.07) is 8.84. The average molecular weight is 399 g/mol. The van der Waals surface area contributed by atoms with Crippen molar-refractivity contribution in [2.75, 3.05) is 13.1 Å². The van der Waals surface area contributed by atoms with E-state index in [4.69, 9.17) is 11.6 Å². The van der Waals surface area contributed by atoms with E-state index in [1.807, 2.05) is 16.7 Å². The SMILES string of the molecule is O=c1c(-c2nccn2Cc2cccc(Cl)c2F)ccc2n1C[C@@H]1CNC[C@H]2C1. The second kappa shape index (κ2) is 6.87. The molecule has 0 amide bonds. The first-order valence-electron chi connectivity index (χ1n) is 9.50. The lowest BCUT2D eigenvalue weighted by atomic mass is 9.84. The zero-order valence-electron chi connectivity index (χ0n) is 15.2. The summed E-state index contributed by atoms with van der Waals surface area (Å²) in [7, 11) is 0. The number of benzene rings is 1. The van der Waals surface area contributed by atoms with Gasteiger partial charge < -0.3 is 14.5 Å². The Balaban J connectivity index is 1.55. The molecule has 5 nitrogen and oxygen atoms in total. The molecule has 2 aliphatic heterocycles. The van der Waals surface area contributed by atoms with Gasteiger partial charge in [-0.1, -0.05) is 23.7 Å². The van der Waals surface area contributed by atoms with Gasteiger partial charge in [-0.3, -0.25) is 4.79 Å². The van der Waals surface area contributed by atoms with E-state index in [9.17, 15) is 9.18 Å². The number of nitrogens with one attached hydrogen (secondary N) is 1. The Bertz CT molecular complexity index is 1110. The molecular weight excluding hydrogens is 379 g/mol. The first-order chi connectivity index (χ1) is 13.6. The Hall–Kier alpha value is -2.44. The molecule has 2 aromatic heterocycles. The van der Waals surface area contributed by atoms with Crippen LogP contribution in [0.1, 0.15) is 23.6 Å². The maximum absolute atomic E-state index is 14.3. The van der Waals surface area contributed by atoms with Crippen LogP contribution in [0.15, 0.2) is 47.5 Å². The summed E-state index contributed by atoms with van der Waals surface area (Å²) in [5.74, 6) is 0.980. The third-order valence-electron chi connectivity index (χ3n) is 5.84. The van der Waals surface area contributed by atoms with Gasteiger partial charge in [0, 0.05) is 42.7 Å². The van der Waals surface area contributed by atoms with Gasteiger partial charge in [0.2, 0.25) is 0 Å². The zero-order valence-corrected chi connectivity index (χ0v) is 16.0. The normalized spacial score (nSPS) is 20.8. The molecule has 2 aliphatic rings. The molecule has 2 bridgehead atoms. The van der Waals surface area contributed by atoms with Gasteiger partial charge in [-0.05, 0) is 37.1 Å². The van der Waals surface area contributed by atoms with Crippen molar-refractivity contribution in [3.05, 3.63) is 75.2 Å². The number of imidazole rings is 1. The molecule has 1 fully saturated rings. The standard InChI is InChI=1S/C21H20ClFN4O/c22-17-3-1-2-14(19(17)23)12-26-7-6-25-20(26)16-4-5-18-15-8-13(9-24-10-15)11-27(18)21(16)28/h1-7,13,15,24H,8-12H2/t13-,15+/m0/s1. The Morgan fingerprint density at radius 2 is 2.14 bits per heavy atom. The van der Waals surface area contributed by atoms with Crippen LogP contribution in [0, 0.1) is 11.7 Å². The van der Waals surface area contributed by atoms with Crippen LogP contribution >= 0.6 is 11.6 Å². The number of aromatic nitrogens is 3. The summed E-state index contributed by atoms with van der Waals surface area (Å²) in [6.07, 6.45) is 4.53.